The van der Waals surface area contributed by atoms with E-state index in [1.165, 1.54) is 7.11 Å². The lowest BCUT2D eigenvalue weighted by Gasteiger charge is -2.37. The Hall–Kier alpha value is -1.08. The number of ether oxygens (including phenoxy) is 2. The maximum atomic E-state index is 12.8. The van der Waals surface area contributed by atoms with E-state index in [9.17, 15) is 9.59 Å². The number of hydrogen-bond acceptors (Lipinski definition) is 6. The summed E-state index contributed by atoms with van der Waals surface area (Å²) in [4.78, 5) is 25.4. The van der Waals surface area contributed by atoms with Crippen LogP contribution in [0.1, 0.15) is 61.3 Å². The van der Waals surface area contributed by atoms with Crippen molar-refractivity contribution in [3.8, 4) is 0 Å². The number of carbonyl (C=O) groups excluding carboxylic acids is 2. The van der Waals surface area contributed by atoms with Gasteiger partial charge >= 0.3 is 19.1 Å². The molecule has 1 saturated carbocycles. The molecule has 2 aliphatic rings. The molecule has 1 aliphatic heterocycles. The molecule has 2 fully saturated rings. The maximum absolute atomic E-state index is 12.8. The van der Waals surface area contributed by atoms with Gasteiger partial charge < -0.3 is 18.8 Å². The predicted molar refractivity (Wildman–Crippen MR) is 93.9 cm³/mol. The lowest BCUT2D eigenvalue weighted by Crippen LogP contribution is -2.47. The molecule has 0 bridgehead atoms. The van der Waals surface area contributed by atoms with Gasteiger partial charge in [-0.1, -0.05) is 0 Å². The van der Waals surface area contributed by atoms with Crippen LogP contribution < -0.4 is 0 Å². The largest absolute Gasteiger partial charge is 0.469 e. The molecule has 2 rings (SSSR count). The minimum absolute atomic E-state index is 0.291. The van der Waals surface area contributed by atoms with Crippen LogP contribution >= 0.6 is 0 Å². The van der Waals surface area contributed by atoms with Crippen molar-refractivity contribution in [1.82, 2.24) is 0 Å². The Morgan fingerprint density at radius 2 is 1.40 bits per heavy atom. The van der Waals surface area contributed by atoms with Gasteiger partial charge in [0.25, 0.3) is 0 Å². The number of methoxy groups -OCH3 is 1. The van der Waals surface area contributed by atoms with E-state index in [-0.39, 0.29) is 11.9 Å². The molecule has 0 radical (unpaired) electrons. The SMILES string of the molecule is CCOC(=O)C1(C)CCC(C)(C(=O)OC)C1B1OC(C)(C)C(C)(C)O1. The van der Waals surface area contributed by atoms with E-state index >= 15 is 0 Å². The summed E-state index contributed by atoms with van der Waals surface area (Å²) in [6.07, 6.45) is 1.04. The first kappa shape index (κ1) is 20.2. The predicted octanol–water partition coefficient (Wildman–Crippen LogP) is 2.99. The van der Waals surface area contributed by atoms with Crippen molar-refractivity contribution < 1.29 is 28.4 Å². The Bertz CT molecular complexity index is 544. The first-order valence-electron chi connectivity index (χ1n) is 8.97. The highest BCUT2D eigenvalue weighted by Crippen LogP contribution is 2.62. The fourth-order valence-electron chi connectivity index (χ4n) is 4.15. The van der Waals surface area contributed by atoms with Crippen LogP contribution in [0.5, 0.6) is 0 Å². The van der Waals surface area contributed by atoms with Crippen molar-refractivity contribution in [3.05, 3.63) is 0 Å². The van der Waals surface area contributed by atoms with Gasteiger partial charge in [0, 0.05) is 5.82 Å². The molecule has 0 aromatic rings. The van der Waals surface area contributed by atoms with Gasteiger partial charge in [-0.25, -0.2) is 0 Å². The van der Waals surface area contributed by atoms with Crippen LogP contribution in [0.15, 0.2) is 0 Å². The van der Waals surface area contributed by atoms with Crippen molar-refractivity contribution in [1.29, 1.82) is 0 Å². The van der Waals surface area contributed by atoms with Crippen molar-refractivity contribution in [2.75, 3.05) is 13.7 Å². The van der Waals surface area contributed by atoms with Gasteiger partial charge in [-0.05, 0) is 61.3 Å². The molecule has 1 saturated heterocycles. The Morgan fingerprint density at radius 3 is 1.80 bits per heavy atom. The van der Waals surface area contributed by atoms with Gasteiger partial charge in [-0.15, -0.1) is 0 Å². The average Bonchev–Trinajstić information content (AvgIpc) is 2.90. The van der Waals surface area contributed by atoms with Crippen LogP contribution in [0.3, 0.4) is 0 Å². The summed E-state index contributed by atoms with van der Waals surface area (Å²) in [5.74, 6) is -1.16. The summed E-state index contributed by atoms with van der Waals surface area (Å²) in [6.45, 7) is 13.6. The highest BCUT2D eigenvalue weighted by atomic mass is 16.7. The molecule has 25 heavy (non-hydrogen) atoms. The van der Waals surface area contributed by atoms with E-state index in [0.717, 1.165) is 0 Å². The van der Waals surface area contributed by atoms with Crippen LogP contribution in [0, 0.1) is 10.8 Å². The number of esters is 2. The number of carbonyl (C=O) groups is 2. The fourth-order valence-corrected chi connectivity index (χ4v) is 4.15. The smallest absolute Gasteiger partial charge is 0.463 e. The van der Waals surface area contributed by atoms with E-state index in [1.807, 2.05) is 41.5 Å². The second-order valence-electron chi connectivity index (χ2n) is 8.65. The third-order valence-corrected chi connectivity index (χ3v) is 6.47. The second-order valence-corrected chi connectivity index (χ2v) is 8.65. The van der Waals surface area contributed by atoms with Gasteiger partial charge in [0.15, 0.2) is 0 Å². The summed E-state index contributed by atoms with van der Waals surface area (Å²) in [7, 11) is 0.681. The lowest BCUT2D eigenvalue weighted by atomic mass is 9.52. The maximum Gasteiger partial charge on any atom is 0.463 e. The van der Waals surface area contributed by atoms with Gasteiger partial charge in [0.2, 0.25) is 0 Å². The van der Waals surface area contributed by atoms with Crippen LogP contribution in [0.4, 0.5) is 0 Å². The summed E-state index contributed by atoms with van der Waals surface area (Å²) < 4.78 is 22.8. The van der Waals surface area contributed by atoms with Gasteiger partial charge in [-0.3, -0.25) is 9.59 Å². The number of hydrogen-bond donors (Lipinski definition) is 0. The van der Waals surface area contributed by atoms with Crippen LogP contribution in [-0.4, -0.2) is 44.0 Å². The van der Waals surface area contributed by atoms with Crippen LogP contribution in [0.2, 0.25) is 5.82 Å². The molecular weight excluding hydrogens is 323 g/mol. The molecule has 0 N–H and O–H groups in total. The highest BCUT2D eigenvalue weighted by Gasteiger charge is 2.69. The summed E-state index contributed by atoms with van der Waals surface area (Å²) in [5.41, 5.74) is -2.85. The Labute approximate surface area is 151 Å². The van der Waals surface area contributed by atoms with Gasteiger partial charge in [0.05, 0.1) is 35.7 Å². The van der Waals surface area contributed by atoms with Gasteiger partial charge in [-0.2, -0.15) is 0 Å². The minimum Gasteiger partial charge on any atom is -0.469 e. The van der Waals surface area contributed by atoms with E-state index < -0.39 is 35.0 Å². The van der Waals surface area contributed by atoms with Crippen molar-refractivity contribution in [2.24, 2.45) is 10.8 Å². The monoisotopic (exact) mass is 354 g/mol. The molecule has 0 aromatic heterocycles. The zero-order valence-electron chi connectivity index (χ0n) is 16.7. The molecule has 0 aromatic carbocycles. The molecule has 6 nitrogen and oxygen atoms in total. The van der Waals surface area contributed by atoms with Crippen molar-refractivity contribution in [2.45, 2.75) is 78.3 Å². The average molecular weight is 354 g/mol. The minimum atomic E-state index is -0.878. The van der Waals surface area contributed by atoms with E-state index in [1.54, 1.807) is 6.92 Å². The van der Waals surface area contributed by atoms with Crippen molar-refractivity contribution >= 4 is 19.1 Å². The Kier molecular flexibility index (Phi) is 5.08. The zero-order valence-corrected chi connectivity index (χ0v) is 16.7. The first-order valence-corrected chi connectivity index (χ1v) is 8.97. The van der Waals surface area contributed by atoms with Crippen LogP contribution in [0.25, 0.3) is 0 Å². The summed E-state index contributed by atoms with van der Waals surface area (Å²) >= 11 is 0. The third kappa shape index (κ3) is 2.99. The molecule has 0 spiro atoms. The Morgan fingerprint density at radius 1 is 0.960 bits per heavy atom. The molecule has 3 atom stereocenters. The normalized spacial score (nSPS) is 36.3. The van der Waals surface area contributed by atoms with Gasteiger partial charge in [0.1, 0.15) is 0 Å². The van der Waals surface area contributed by atoms with E-state index in [4.69, 9.17) is 18.8 Å². The topological polar surface area (TPSA) is 71.1 Å². The highest BCUT2D eigenvalue weighted by molar-refractivity contribution is 6.49. The molecule has 7 heteroatoms. The van der Waals surface area contributed by atoms with E-state index in [0.29, 0.717) is 19.4 Å². The standard InChI is InChI=1S/C18H31BO6/c1-9-23-14(21)18(7)11-10-17(6,13(20)22-8)12(18)19-24-15(2,3)16(4,5)25-19/h12H,9-11H2,1-8H3. The van der Waals surface area contributed by atoms with Crippen LogP contribution in [-0.2, 0) is 28.4 Å². The lowest BCUT2D eigenvalue weighted by molar-refractivity contribution is -0.157. The summed E-state index contributed by atoms with van der Waals surface area (Å²) in [6, 6.07) is 0. The molecule has 142 valence electrons. The number of rotatable bonds is 4. The molecule has 1 heterocycles. The second kappa shape index (κ2) is 6.27. The fraction of sp³-hybridized carbons (Fsp3) is 0.889. The third-order valence-electron chi connectivity index (χ3n) is 6.47. The molecule has 0 amide bonds. The molecular formula is C18H31BO6. The Balaban J connectivity index is 2.48. The first-order chi connectivity index (χ1) is 11.4. The zero-order chi connectivity index (χ0) is 19.3. The summed E-state index contributed by atoms with van der Waals surface area (Å²) in [5, 5.41) is 0. The molecule has 3 unspecified atom stereocenters. The molecule has 1 aliphatic carbocycles. The van der Waals surface area contributed by atoms with E-state index in [2.05, 4.69) is 0 Å². The quantitative estimate of drug-likeness (QED) is 0.571. The van der Waals surface area contributed by atoms with Crippen molar-refractivity contribution in [3.63, 3.8) is 0 Å².